The quantitative estimate of drug-likeness (QED) is 0.243. The molecule has 0 aliphatic carbocycles. The van der Waals surface area contributed by atoms with Gasteiger partial charge in [0.05, 0.1) is 13.2 Å². The third-order valence-corrected chi connectivity index (χ3v) is 4.02. The molecule has 0 saturated carbocycles. The second-order valence-corrected chi connectivity index (χ2v) is 5.64. The minimum atomic E-state index is -1.60. The van der Waals surface area contributed by atoms with E-state index in [1.54, 1.807) is 0 Å². The zero-order valence-corrected chi connectivity index (χ0v) is 12.1. The molecule has 5 unspecified atom stereocenters. The van der Waals surface area contributed by atoms with Gasteiger partial charge in [-0.1, -0.05) is 0 Å². The molecule has 0 radical (unpaired) electrons. The molecule has 0 aromatic heterocycles. The fraction of sp³-hybridized carbons (Fsp3) is 1.00. The molecule has 10 atom stereocenters. The zero-order valence-electron chi connectivity index (χ0n) is 12.1. The van der Waals surface area contributed by atoms with Gasteiger partial charge < -0.3 is 55.7 Å². The number of ether oxygens (including phenoxy) is 3. The lowest BCUT2D eigenvalue weighted by atomic mass is 9.98. The average molecular weight is 341 g/mol. The third-order valence-electron chi connectivity index (χ3n) is 4.02. The standard InChI is InChI=1S/C12H23NO10/c13-11-9(19)7(17)6(16)4(22-11)2-21-12-10(20)8(18)5(15)3(1-14)23-12/h3-12,14-20H,1-2,13H2/t3?,4?,5-,6+,7-,8-,9?,10?,11?,12-/m0/s1. The van der Waals surface area contributed by atoms with Crippen molar-refractivity contribution < 1.29 is 50.0 Å². The van der Waals surface area contributed by atoms with Crippen molar-refractivity contribution in [2.45, 2.75) is 61.3 Å². The maximum Gasteiger partial charge on any atom is 0.186 e. The molecule has 2 heterocycles. The molecule has 9 N–H and O–H groups in total. The van der Waals surface area contributed by atoms with Crippen LogP contribution in [0.25, 0.3) is 0 Å². The average Bonchev–Trinajstić information content (AvgIpc) is 2.54. The highest BCUT2D eigenvalue weighted by Crippen LogP contribution is 2.24. The van der Waals surface area contributed by atoms with Crippen molar-refractivity contribution in [2.75, 3.05) is 13.2 Å². The van der Waals surface area contributed by atoms with E-state index in [0.29, 0.717) is 0 Å². The van der Waals surface area contributed by atoms with E-state index in [-0.39, 0.29) is 6.61 Å². The summed E-state index contributed by atoms with van der Waals surface area (Å²) in [5, 5.41) is 67.1. The molecule has 11 heteroatoms. The van der Waals surface area contributed by atoms with Crippen LogP contribution in [0.4, 0.5) is 0 Å². The highest BCUT2D eigenvalue weighted by atomic mass is 16.7. The SMILES string of the molecule is NC1OC(CO[C@H]2OC(CO)[C@H](O)[C@H](O)C2O)[C@@H](O)[C@H](O)C1O. The normalized spacial score (nSPS) is 51.7. The molecule has 0 aromatic rings. The van der Waals surface area contributed by atoms with Gasteiger partial charge >= 0.3 is 0 Å². The van der Waals surface area contributed by atoms with Crippen LogP contribution in [0.1, 0.15) is 0 Å². The first-order valence-corrected chi connectivity index (χ1v) is 7.15. The largest absolute Gasteiger partial charge is 0.394 e. The van der Waals surface area contributed by atoms with Crippen LogP contribution in [0, 0.1) is 0 Å². The number of rotatable bonds is 4. The molecule has 0 bridgehead atoms. The Labute approximate surface area is 131 Å². The summed E-state index contributed by atoms with van der Waals surface area (Å²) in [6.07, 6.45) is -14.1. The van der Waals surface area contributed by atoms with Crippen LogP contribution >= 0.6 is 0 Å². The minimum absolute atomic E-state index is 0.388. The molecule has 2 rings (SSSR count). The molecule has 0 spiro atoms. The van der Waals surface area contributed by atoms with Gasteiger partial charge in [-0.05, 0) is 0 Å². The van der Waals surface area contributed by atoms with E-state index >= 15 is 0 Å². The van der Waals surface area contributed by atoms with Crippen LogP contribution in [0.3, 0.4) is 0 Å². The van der Waals surface area contributed by atoms with Crippen molar-refractivity contribution in [3.8, 4) is 0 Å². The van der Waals surface area contributed by atoms with E-state index in [4.69, 9.17) is 25.1 Å². The summed E-state index contributed by atoms with van der Waals surface area (Å²) in [7, 11) is 0. The van der Waals surface area contributed by atoms with E-state index in [1.165, 1.54) is 0 Å². The molecule has 2 aliphatic heterocycles. The van der Waals surface area contributed by atoms with Crippen molar-refractivity contribution in [2.24, 2.45) is 5.73 Å². The third kappa shape index (κ3) is 3.81. The molecule has 2 saturated heterocycles. The van der Waals surface area contributed by atoms with Crippen molar-refractivity contribution >= 4 is 0 Å². The van der Waals surface area contributed by atoms with Crippen LogP contribution < -0.4 is 5.73 Å². The van der Waals surface area contributed by atoms with E-state index in [9.17, 15) is 30.6 Å². The van der Waals surface area contributed by atoms with Crippen LogP contribution in [0.5, 0.6) is 0 Å². The van der Waals surface area contributed by atoms with Crippen LogP contribution in [-0.4, -0.2) is 110 Å². The fourth-order valence-electron chi connectivity index (χ4n) is 2.51. The summed E-state index contributed by atoms with van der Waals surface area (Å²) >= 11 is 0. The molecule has 2 aliphatic rings. The first kappa shape index (κ1) is 18.9. The molecule has 0 aromatic carbocycles. The lowest BCUT2D eigenvalue weighted by Crippen LogP contribution is -2.62. The van der Waals surface area contributed by atoms with Gasteiger partial charge in [0.2, 0.25) is 0 Å². The molecular formula is C12H23NO10. The zero-order chi connectivity index (χ0) is 17.3. The Kier molecular flexibility index (Phi) is 6.27. The second kappa shape index (κ2) is 7.63. The van der Waals surface area contributed by atoms with Crippen LogP contribution in [0.15, 0.2) is 0 Å². The fourth-order valence-corrected chi connectivity index (χ4v) is 2.51. The Morgan fingerprint density at radius 1 is 0.739 bits per heavy atom. The Hall–Kier alpha value is -0.440. The smallest absolute Gasteiger partial charge is 0.186 e. The first-order valence-electron chi connectivity index (χ1n) is 7.15. The Morgan fingerprint density at radius 3 is 1.91 bits per heavy atom. The summed E-state index contributed by atoms with van der Waals surface area (Å²) in [5.41, 5.74) is 5.46. The molecule has 2 fully saturated rings. The van der Waals surface area contributed by atoms with Gasteiger partial charge in [-0.2, -0.15) is 0 Å². The predicted octanol–water partition coefficient (Wildman–Crippen LogP) is -5.43. The van der Waals surface area contributed by atoms with Gasteiger partial charge in [-0.25, -0.2) is 0 Å². The van der Waals surface area contributed by atoms with Gasteiger partial charge in [0, 0.05) is 0 Å². The topological polar surface area (TPSA) is 195 Å². The number of aliphatic hydroxyl groups excluding tert-OH is 7. The minimum Gasteiger partial charge on any atom is -0.394 e. The Balaban J connectivity index is 1.94. The molecule has 136 valence electrons. The number of aliphatic hydroxyl groups is 7. The van der Waals surface area contributed by atoms with Crippen LogP contribution in [0.2, 0.25) is 0 Å². The van der Waals surface area contributed by atoms with E-state index in [2.05, 4.69) is 0 Å². The molecule has 11 nitrogen and oxygen atoms in total. The summed E-state index contributed by atoms with van der Waals surface area (Å²) < 4.78 is 15.4. The molecular weight excluding hydrogens is 318 g/mol. The van der Waals surface area contributed by atoms with E-state index in [0.717, 1.165) is 0 Å². The van der Waals surface area contributed by atoms with E-state index in [1.807, 2.05) is 0 Å². The number of hydrogen-bond donors (Lipinski definition) is 8. The second-order valence-electron chi connectivity index (χ2n) is 5.64. The van der Waals surface area contributed by atoms with Gasteiger partial charge in [-0.3, -0.25) is 0 Å². The van der Waals surface area contributed by atoms with Gasteiger partial charge in [0.25, 0.3) is 0 Å². The lowest BCUT2D eigenvalue weighted by molar-refractivity contribution is -0.314. The summed E-state index contributed by atoms with van der Waals surface area (Å²) in [6, 6.07) is 0. The van der Waals surface area contributed by atoms with E-state index < -0.39 is 68.0 Å². The van der Waals surface area contributed by atoms with Gasteiger partial charge in [-0.15, -0.1) is 0 Å². The first-order chi connectivity index (χ1) is 10.8. The highest BCUT2D eigenvalue weighted by Gasteiger charge is 2.46. The van der Waals surface area contributed by atoms with Crippen LogP contribution in [-0.2, 0) is 14.2 Å². The monoisotopic (exact) mass is 341 g/mol. The predicted molar refractivity (Wildman–Crippen MR) is 70.6 cm³/mol. The van der Waals surface area contributed by atoms with Crippen molar-refractivity contribution in [3.05, 3.63) is 0 Å². The van der Waals surface area contributed by atoms with Crippen molar-refractivity contribution in [1.82, 2.24) is 0 Å². The highest BCUT2D eigenvalue weighted by molar-refractivity contribution is 4.91. The van der Waals surface area contributed by atoms with Crippen molar-refractivity contribution in [3.63, 3.8) is 0 Å². The van der Waals surface area contributed by atoms with Gasteiger partial charge in [0.1, 0.15) is 55.1 Å². The maximum absolute atomic E-state index is 9.81. The van der Waals surface area contributed by atoms with Crippen molar-refractivity contribution in [1.29, 1.82) is 0 Å². The maximum atomic E-state index is 9.81. The summed E-state index contributed by atoms with van der Waals surface area (Å²) in [6.45, 7) is -0.996. The summed E-state index contributed by atoms with van der Waals surface area (Å²) in [4.78, 5) is 0. The molecule has 23 heavy (non-hydrogen) atoms. The Morgan fingerprint density at radius 2 is 1.30 bits per heavy atom. The number of nitrogens with two attached hydrogens (primary N) is 1. The Bertz CT molecular complexity index is 385. The summed E-state index contributed by atoms with van der Waals surface area (Å²) in [5.74, 6) is 0. The van der Waals surface area contributed by atoms with Gasteiger partial charge in [0.15, 0.2) is 6.29 Å². The number of hydrogen-bond acceptors (Lipinski definition) is 11. The molecule has 0 amide bonds. The lowest BCUT2D eigenvalue weighted by Gasteiger charge is -2.42.